The van der Waals surface area contributed by atoms with E-state index in [0.717, 1.165) is 28.9 Å². The first kappa shape index (κ1) is 31.5. The number of aliphatic hydroxyl groups excluding tert-OH is 1. The average Bonchev–Trinajstić information content (AvgIpc) is 3.40. The zero-order chi connectivity index (χ0) is 30.5. The molecule has 1 amide bonds. The number of rotatable bonds is 11. The lowest BCUT2D eigenvalue weighted by Gasteiger charge is -2.27. The Labute approximate surface area is 244 Å². The minimum Gasteiger partial charge on any atom is -0.395 e. The normalized spacial score (nSPS) is 17.4. The van der Waals surface area contributed by atoms with Gasteiger partial charge in [0, 0.05) is 43.9 Å². The van der Waals surface area contributed by atoms with Crippen LogP contribution in [-0.2, 0) is 27.3 Å². The third-order valence-electron chi connectivity index (χ3n) is 7.62. The number of ether oxygens (including phenoxy) is 1. The van der Waals surface area contributed by atoms with Crippen LogP contribution < -0.4 is 4.90 Å². The number of alkyl halides is 3. The lowest BCUT2D eigenvalue weighted by atomic mass is 9.95. The third-order valence-corrected chi connectivity index (χ3v) is 9.37. The highest BCUT2D eigenvalue weighted by atomic mass is 32.2. The minimum absolute atomic E-state index is 0.00315. The molecule has 1 unspecified atom stereocenters. The third kappa shape index (κ3) is 7.32. The molecule has 1 saturated heterocycles. The van der Waals surface area contributed by atoms with Crippen molar-refractivity contribution in [1.29, 1.82) is 0 Å². The van der Waals surface area contributed by atoms with Gasteiger partial charge in [-0.3, -0.25) is 4.79 Å². The predicted molar refractivity (Wildman–Crippen MR) is 154 cm³/mol. The highest BCUT2D eigenvalue weighted by Crippen LogP contribution is 2.37. The van der Waals surface area contributed by atoms with Crippen LogP contribution in [0.5, 0.6) is 0 Å². The summed E-state index contributed by atoms with van der Waals surface area (Å²) < 4.78 is 68.7. The van der Waals surface area contributed by atoms with Gasteiger partial charge in [0.2, 0.25) is 0 Å². The fraction of sp³-hybridized carbons (Fsp3) is 0.387. The zero-order valence-corrected chi connectivity index (χ0v) is 24.4. The molecular formula is C31H35F3N2O5S. The molecule has 1 fully saturated rings. The second kappa shape index (κ2) is 13.3. The first-order valence-electron chi connectivity index (χ1n) is 13.7. The molecule has 0 saturated carbocycles. The van der Waals surface area contributed by atoms with Crippen LogP contribution in [0.1, 0.15) is 46.3 Å². The number of sulfone groups is 1. The fourth-order valence-corrected chi connectivity index (χ4v) is 6.19. The van der Waals surface area contributed by atoms with Crippen LogP contribution >= 0.6 is 0 Å². The van der Waals surface area contributed by atoms with E-state index < -0.39 is 21.6 Å². The predicted octanol–water partition coefficient (Wildman–Crippen LogP) is 5.14. The van der Waals surface area contributed by atoms with Crippen molar-refractivity contribution in [3.63, 3.8) is 0 Å². The lowest BCUT2D eigenvalue weighted by molar-refractivity contribution is -0.137. The quantitative estimate of drug-likeness (QED) is 0.326. The summed E-state index contributed by atoms with van der Waals surface area (Å²) in [5.41, 5.74) is 2.19. The van der Waals surface area contributed by atoms with Crippen molar-refractivity contribution in [3.8, 4) is 0 Å². The van der Waals surface area contributed by atoms with Crippen molar-refractivity contribution in [2.45, 2.75) is 42.9 Å². The van der Waals surface area contributed by atoms with E-state index in [9.17, 15) is 31.5 Å². The SMILES string of the molecule is CCS(=O)(=O)c1ccc(CN(CCO)C(=O)c2ccc(N3CC(c4ccc(C(F)(F)F)cc4)C[C@H]3COC)cc2)cc1. The number of amides is 1. The lowest BCUT2D eigenvalue weighted by Crippen LogP contribution is -2.34. The Kier molecular flexibility index (Phi) is 9.96. The largest absolute Gasteiger partial charge is 0.416 e. The number of carbonyl (C=O) groups is 1. The van der Waals surface area contributed by atoms with Gasteiger partial charge in [-0.2, -0.15) is 13.2 Å². The Morgan fingerprint density at radius 2 is 1.67 bits per heavy atom. The maximum absolute atomic E-state index is 13.4. The van der Waals surface area contributed by atoms with Gasteiger partial charge in [0.05, 0.1) is 35.5 Å². The van der Waals surface area contributed by atoms with Crippen LogP contribution in [-0.4, -0.2) is 69.5 Å². The Balaban J connectivity index is 1.48. The van der Waals surface area contributed by atoms with Crippen molar-refractivity contribution >= 4 is 21.4 Å². The molecule has 0 bridgehead atoms. The number of carbonyl (C=O) groups excluding carboxylic acids is 1. The number of methoxy groups -OCH3 is 1. The van der Waals surface area contributed by atoms with Gasteiger partial charge in [-0.05, 0) is 66.1 Å². The van der Waals surface area contributed by atoms with Gasteiger partial charge in [0.1, 0.15) is 0 Å². The van der Waals surface area contributed by atoms with Crippen LogP contribution in [0.3, 0.4) is 0 Å². The molecule has 1 N–H and O–H groups in total. The van der Waals surface area contributed by atoms with Crippen molar-refractivity contribution in [2.75, 3.05) is 44.1 Å². The van der Waals surface area contributed by atoms with Gasteiger partial charge in [0.15, 0.2) is 9.84 Å². The van der Waals surface area contributed by atoms with E-state index in [-0.39, 0.29) is 48.2 Å². The molecular weight excluding hydrogens is 569 g/mol. The summed E-state index contributed by atoms with van der Waals surface area (Å²) in [6, 6.07) is 18.8. The molecule has 2 atom stereocenters. The van der Waals surface area contributed by atoms with E-state index >= 15 is 0 Å². The zero-order valence-electron chi connectivity index (χ0n) is 23.5. The molecule has 11 heteroatoms. The molecule has 226 valence electrons. The van der Waals surface area contributed by atoms with Crippen LogP contribution in [0.15, 0.2) is 77.7 Å². The molecule has 0 aromatic heterocycles. The highest BCUT2D eigenvalue weighted by Gasteiger charge is 2.35. The van der Waals surface area contributed by atoms with E-state index in [1.54, 1.807) is 38.3 Å². The summed E-state index contributed by atoms with van der Waals surface area (Å²) in [5, 5.41) is 9.59. The second-order valence-electron chi connectivity index (χ2n) is 10.4. The molecule has 7 nitrogen and oxygen atoms in total. The Morgan fingerprint density at radius 1 is 1.02 bits per heavy atom. The second-order valence-corrected chi connectivity index (χ2v) is 12.6. The number of aliphatic hydroxyl groups is 1. The molecule has 0 spiro atoms. The van der Waals surface area contributed by atoms with E-state index in [1.807, 2.05) is 12.1 Å². The number of hydrogen-bond acceptors (Lipinski definition) is 6. The molecule has 1 aliphatic rings. The maximum atomic E-state index is 13.4. The van der Waals surface area contributed by atoms with E-state index in [4.69, 9.17) is 4.74 Å². The summed E-state index contributed by atoms with van der Waals surface area (Å²) in [5.74, 6) is -0.262. The number of hydrogen-bond donors (Lipinski definition) is 1. The standard InChI is InChI=1S/C31H35F3N2O5S/c1-3-42(39,40)29-14-4-22(5-15-29)19-35(16-17-37)30(38)24-8-12-27(13-9-24)36-20-25(18-28(36)21-41-2)23-6-10-26(11-7-23)31(32,33)34/h4-15,25,28,37H,3,16-21H2,1-2H3/t25?,28-/m0/s1. The number of halogens is 3. The van der Waals surface area contributed by atoms with Gasteiger partial charge in [-0.15, -0.1) is 0 Å². The molecule has 0 aliphatic carbocycles. The minimum atomic E-state index is -4.38. The molecule has 3 aromatic carbocycles. The van der Waals surface area contributed by atoms with Crippen LogP contribution in [0, 0.1) is 0 Å². The molecule has 4 rings (SSSR count). The molecule has 1 heterocycles. The monoisotopic (exact) mass is 604 g/mol. The van der Waals surface area contributed by atoms with Crippen LogP contribution in [0.4, 0.5) is 18.9 Å². The van der Waals surface area contributed by atoms with Gasteiger partial charge >= 0.3 is 6.18 Å². The van der Waals surface area contributed by atoms with Gasteiger partial charge in [-0.25, -0.2) is 8.42 Å². The van der Waals surface area contributed by atoms with Gasteiger partial charge in [0.25, 0.3) is 5.91 Å². The van der Waals surface area contributed by atoms with E-state index in [1.165, 1.54) is 29.2 Å². The van der Waals surface area contributed by atoms with Crippen molar-refractivity contribution in [3.05, 3.63) is 95.1 Å². The summed E-state index contributed by atoms with van der Waals surface area (Å²) in [6.45, 7) is 2.68. The molecule has 0 radical (unpaired) electrons. The highest BCUT2D eigenvalue weighted by molar-refractivity contribution is 7.91. The number of anilines is 1. The first-order chi connectivity index (χ1) is 20.0. The molecule has 1 aliphatic heterocycles. The van der Waals surface area contributed by atoms with Gasteiger partial charge < -0.3 is 19.6 Å². The van der Waals surface area contributed by atoms with Crippen molar-refractivity contribution in [2.24, 2.45) is 0 Å². The van der Waals surface area contributed by atoms with Crippen molar-refractivity contribution < 1.29 is 36.2 Å². The topological polar surface area (TPSA) is 87.2 Å². The summed E-state index contributed by atoms with van der Waals surface area (Å²) in [6.07, 6.45) is -3.67. The smallest absolute Gasteiger partial charge is 0.395 e. The first-order valence-corrected chi connectivity index (χ1v) is 15.4. The number of benzene rings is 3. The maximum Gasteiger partial charge on any atom is 0.416 e. The molecule has 42 heavy (non-hydrogen) atoms. The Morgan fingerprint density at radius 3 is 2.21 bits per heavy atom. The summed E-state index contributed by atoms with van der Waals surface area (Å²) in [4.78, 5) is 17.2. The fourth-order valence-electron chi connectivity index (χ4n) is 5.31. The van der Waals surface area contributed by atoms with E-state index in [0.29, 0.717) is 25.1 Å². The van der Waals surface area contributed by atoms with Gasteiger partial charge in [-0.1, -0.05) is 31.2 Å². The van der Waals surface area contributed by atoms with Crippen LogP contribution in [0.2, 0.25) is 0 Å². The Hall–Kier alpha value is -3.41. The summed E-state index contributed by atoms with van der Waals surface area (Å²) in [7, 11) is -1.72. The van der Waals surface area contributed by atoms with Crippen molar-refractivity contribution in [1.82, 2.24) is 4.90 Å². The Bertz CT molecular complexity index is 1440. The van der Waals surface area contributed by atoms with Crippen LogP contribution in [0.25, 0.3) is 0 Å². The van der Waals surface area contributed by atoms with E-state index in [2.05, 4.69) is 4.90 Å². The summed E-state index contributed by atoms with van der Waals surface area (Å²) >= 11 is 0. The molecule has 3 aromatic rings. The number of nitrogens with zero attached hydrogens (tertiary/aromatic N) is 2. The average molecular weight is 605 g/mol.